The van der Waals surface area contributed by atoms with Crippen LogP contribution in [0.2, 0.25) is 0 Å². The van der Waals surface area contributed by atoms with E-state index in [0.717, 1.165) is 27.6 Å². The smallest absolute Gasteiger partial charge is 0.319 e. The number of phenols is 1. The number of urea groups is 1. The van der Waals surface area contributed by atoms with Gasteiger partial charge in [-0.2, -0.15) is 5.10 Å². The lowest BCUT2D eigenvalue weighted by molar-refractivity contribution is -0.170. The van der Waals surface area contributed by atoms with Crippen LogP contribution < -0.4 is 5.32 Å². The van der Waals surface area contributed by atoms with E-state index in [0.29, 0.717) is 13.1 Å². The van der Waals surface area contributed by atoms with Crippen molar-refractivity contribution in [2.24, 2.45) is 0 Å². The van der Waals surface area contributed by atoms with Crippen LogP contribution in [0, 0.1) is 0 Å². The van der Waals surface area contributed by atoms with Gasteiger partial charge in [0.15, 0.2) is 0 Å². The molecule has 3 unspecified atom stereocenters. The molecule has 210 valence electrons. The van der Waals surface area contributed by atoms with Crippen molar-refractivity contribution in [2.45, 2.75) is 51.1 Å². The predicted octanol–water partition coefficient (Wildman–Crippen LogP) is 3.38. The molecule has 3 N–H and O–H groups in total. The number of nitrogens with one attached hydrogen (secondary N) is 2. The number of nitrogens with zero attached hydrogens (tertiary/aromatic N) is 4. The van der Waals surface area contributed by atoms with Crippen molar-refractivity contribution < 1.29 is 19.5 Å². The average Bonchev–Trinajstić information content (AvgIpc) is 3.46. The summed E-state index contributed by atoms with van der Waals surface area (Å²) in [5.74, 6) is -0.208. The van der Waals surface area contributed by atoms with Gasteiger partial charge in [0.05, 0.1) is 18.3 Å². The van der Waals surface area contributed by atoms with Crippen molar-refractivity contribution >= 4 is 28.7 Å². The van der Waals surface area contributed by atoms with Gasteiger partial charge in [0.1, 0.15) is 18.0 Å². The fraction of sp³-hybridized carbons (Fsp3) is 0.290. The van der Waals surface area contributed by atoms with Crippen LogP contribution >= 0.6 is 0 Å². The lowest BCUT2D eigenvalue weighted by Gasteiger charge is -2.54. The van der Waals surface area contributed by atoms with E-state index in [2.05, 4.69) is 15.5 Å². The molecular weight excluding hydrogens is 520 g/mol. The summed E-state index contributed by atoms with van der Waals surface area (Å²) in [6, 6.07) is 20.7. The zero-order chi connectivity index (χ0) is 28.5. The molecule has 3 heterocycles. The Morgan fingerprint density at radius 1 is 1.02 bits per heavy atom. The van der Waals surface area contributed by atoms with E-state index in [1.807, 2.05) is 55.5 Å². The van der Waals surface area contributed by atoms with Gasteiger partial charge in [0, 0.05) is 37.4 Å². The second-order valence-electron chi connectivity index (χ2n) is 10.7. The van der Waals surface area contributed by atoms with Crippen molar-refractivity contribution in [3.8, 4) is 5.75 Å². The number of piperazine rings is 1. The Hall–Kier alpha value is -4.86. The lowest BCUT2D eigenvalue weighted by atomic mass is 9.95. The Balaban J connectivity index is 1.33. The van der Waals surface area contributed by atoms with Crippen molar-refractivity contribution in [2.75, 3.05) is 6.54 Å². The molecule has 0 saturated carbocycles. The molecule has 4 aromatic rings. The van der Waals surface area contributed by atoms with Gasteiger partial charge in [0.2, 0.25) is 11.8 Å². The average molecular weight is 553 g/mol. The van der Waals surface area contributed by atoms with Crippen LogP contribution in [0.3, 0.4) is 0 Å². The number of carbonyl (C=O) groups excluding carboxylic acids is 3. The van der Waals surface area contributed by atoms with E-state index >= 15 is 0 Å². The maximum Gasteiger partial charge on any atom is 0.319 e. The van der Waals surface area contributed by atoms with Gasteiger partial charge >= 0.3 is 6.03 Å². The number of aromatic amines is 1. The topological polar surface area (TPSA) is 122 Å². The van der Waals surface area contributed by atoms with Crippen LogP contribution in [0.4, 0.5) is 4.79 Å². The summed E-state index contributed by atoms with van der Waals surface area (Å²) in [5, 5.41) is 20.9. The summed E-state index contributed by atoms with van der Waals surface area (Å²) in [7, 11) is 0. The zero-order valence-corrected chi connectivity index (χ0v) is 22.7. The summed E-state index contributed by atoms with van der Waals surface area (Å²) in [6.45, 7) is 2.71. The zero-order valence-electron chi connectivity index (χ0n) is 22.7. The van der Waals surface area contributed by atoms with E-state index in [-0.39, 0.29) is 49.0 Å². The molecule has 10 heteroatoms. The first-order valence-corrected chi connectivity index (χ1v) is 13.8. The number of phenolic OH excluding ortho intramolecular Hbond substituents is 1. The number of aromatic hydroxyl groups is 1. The summed E-state index contributed by atoms with van der Waals surface area (Å²) < 4.78 is 0. The maximum absolute atomic E-state index is 14.1. The van der Waals surface area contributed by atoms with Crippen LogP contribution in [0.25, 0.3) is 10.9 Å². The molecule has 41 heavy (non-hydrogen) atoms. The number of para-hydroxylation sites is 1. The first-order valence-electron chi connectivity index (χ1n) is 13.8. The Morgan fingerprint density at radius 3 is 2.59 bits per heavy atom. The molecule has 1 aromatic heterocycles. The Bertz CT molecular complexity index is 1570. The molecule has 0 bridgehead atoms. The summed E-state index contributed by atoms with van der Waals surface area (Å²) in [5.41, 5.74) is 3.53. The quantitative estimate of drug-likeness (QED) is 0.339. The number of benzene rings is 3. The highest BCUT2D eigenvalue weighted by atomic mass is 16.3. The SMILES string of the molecule is CC1CC(=O)N2C(Cc3ccc(O)cc3)C(=O)N(Cc3cccc4cn[nH]c34)CC2N1C(=O)NCc1ccccc1. The van der Waals surface area contributed by atoms with Crippen molar-refractivity contribution in [1.82, 2.24) is 30.2 Å². The third-order valence-corrected chi connectivity index (χ3v) is 8.00. The number of aromatic nitrogens is 2. The standard InChI is InChI=1S/C31H32N6O4/c1-20-14-28(39)37-26(15-21-10-12-25(38)13-11-21)30(40)35(18-24-9-5-8-23-17-33-34-29(23)24)19-27(37)36(20)31(41)32-16-22-6-3-2-4-7-22/h2-13,17,20,26-27,38H,14-16,18-19H2,1H3,(H,32,41)(H,33,34). The molecule has 10 nitrogen and oxygen atoms in total. The second-order valence-corrected chi connectivity index (χ2v) is 10.7. The minimum absolute atomic E-state index is 0.125. The van der Waals surface area contributed by atoms with Crippen molar-refractivity contribution in [3.05, 3.63) is 95.7 Å². The molecule has 2 fully saturated rings. The number of rotatable bonds is 6. The number of hydrogen-bond acceptors (Lipinski definition) is 5. The molecule has 4 amide bonds. The molecule has 3 aromatic carbocycles. The van der Waals surface area contributed by atoms with E-state index in [1.54, 1.807) is 45.2 Å². The van der Waals surface area contributed by atoms with Crippen molar-refractivity contribution in [1.29, 1.82) is 0 Å². The van der Waals surface area contributed by atoms with E-state index in [4.69, 9.17) is 0 Å². The number of fused-ring (bicyclic) bond motifs is 2. The predicted molar refractivity (Wildman–Crippen MR) is 152 cm³/mol. The van der Waals surface area contributed by atoms with Gasteiger partial charge in [0.25, 0.3) is 0 Å². The summed E-state index contributed by atoms with van der Waals surface area (Å²) >= 11 is 0. The van der Waals surface area contributed by atoms with E-state index in [9.17, 15) is 19.5 Å². The Labute approximate surface area is 237 Å². The second kappa shape index (κ2) is 11.0. The van der Waals surface area contributed by atoms with Crippen LogP contribution in [-0.2, 0) is 29.1 Å². The highest BCUT2D eigenvalue weighted by molar-refractivity contribution is 5.92. The number of H-pyrrole nitrogens is 1. The largest absolute Gasteiger partial charge is 0.508 e. The number of carbonyl (C=O) groups is 3. The molecule has 0 aliphatic carbocycles. The highest BCUT2D eigenvalue weighted by Gasteiger charge is 2.50. The van der Waals surface area contributed by atoms with Gasteiger partial charge in [-0.3, -0.25) is 19.6 Å². The van der Waals surface area contributed by atoms with Gasteiger partial charge in [-0.05, 0) is 35.7 Å². The van der Waals surface area contributed by atoms with Crippen LogP contribution in [0.5, 0.6) is 5.75 Å². The highest BCUT2D eigenvalue weighted by Crippen LogP contribution is 2.32. The third kappa shape index (κ3) is 5.20. The Morgan fingerprint density at radius 2 is 1.80 bits per heavy atom. The molecular formula is C31H32N6O4. The summed E-state index contributed by atoms with van der Waals surface area (Å²) in [6.07, 6.45) is 1.50. The monoisotopic (exact) mass is 552 g/mol. The lowest BCUT2D eigenvalue weighted by Crippen LogP contribution is -2.73. The van der Waals surface area contributed by atoms with Gasteiger partial charge in [-0.1, -0.05) is 60.7 Å². The summed E-state index contributed by atoms with van der Waals surface area (Å²) in [4.78, 5) is 46.3. The van der Waals surface area contributed by atoms with Gasteiger partial charge in [-0.25, -0.2) is 4.79 Å². The molecule has 6 rings (SSSR count). The van der Waals surface area contributed by atoms with Crippen LogP contribution in [0.1, 0.15) is 30.0 Å². The maximum atomic E-state index is 14.1. The first-order chi connectivity index (χ1) is 19.9. The van der Waals surface area contributed by atoms with E-state index in [1.165, 1.54) is 0 Å². The molecule has 3 atom stereocenters. The minimum Gasteiger partial charge on any atom is -0.508 e. The molecule has 2 aliphatic heterocycles. The van der Waals surface area contributed by atoms with E-state index < -0.39 is 12.2 Å². The normalized spacial score (nSPS) is 20.8. The molecule has 2 saturated heterocycles. The molecule has 0 radical (unpaired) electrons. The fourth-order valence-electron chi connectivity index (χ4n) is 5.98. The van der Waals surface area contributed by atoms with Crippen LogP contribution in [0.15, 0.2) is 79.0 Å². The van der Waals surface area contributed by atoms with Crippen molar-refractivity contribution in [3.63, 3.8) is 0 Å². The Kier molecular flexibility index (Phi) is 7.05. The molecule has 0 spiro atoms. The number of hydrogen-bond donors (Lipinski definition) is 3. The third-order valence-electron chi connectivity index (χ3n) is 8.00. The minimum atomic E-state index is -0.802. The number of amides is 4. The fourth-order valence-corrected chi connectivity index (χ4v) is 5.98. The first kappa shape index (κ1) is 26.4. The van der Waals surface area contributed by atoms with Crippen LogP contribution in [-0.4, -0.2) is 72.6 Å². The van der Waals surface area contributed by atoms with Gasteiger partial charge in [-0.15, -0.1) is 0 Å². The molecule has 2 aliphatic rings. The van der Waals surface area contributed by atoms with Gasteiger partial charge < -0.3 is 20.2 Å².